The SMILES string of the molecule is COC(=O)C1CCCN1.COC(=O)C1CCCN1C(=O)OC(C)(C)C.Cl. The fraction of sp³-hybridized carbons (Fsp3) is 0.824. The minimum absolute atomic E-state index is 0. The van der Waals surface area contributed by atoms with E-state index in [0.29, 0.717) is 13.0 Å². The molecule has 2 atom stereocenters. The Morgan fingerprint density at radius 3 is 2.08 bits per heavy atom. The van der Waals surface area contributed by atoms with Crippen LogP contribution >= 0.6 is 12.4 Å². The van der Waals surface area contributed by atoms with Crippen molar-refractivity contribution >= 4 is 30.4 Å². The van der Waals surface area contributed by atoms with Crippen LogP contribution in [-0.4, -0.2) is 67.9 Å². The summed E-state index contributed by atoms with van der Waals surface area (Å²) in [7, 11) is 2.75. The van der Waals surface area contributed by atoms with Gasteiger partial charge in [0.05, 0.1) is 14.2 Å². The zero-order valence-corrected chi connectivity index (χ0v) is 17.0. The van der Waals surface area contributed by atoms with E-state index in [0.717, 1.165) is 25.8 Å². The predicted molar refractivity (Wildman–Crippen MR) is 98.3 cm³/mol. The third-order valence-electron chi connectivity index (χ3n) is 3.90. The smallest absolute Gasteiger partial charge is 0.411 e. The van der Waals surface area contributed by atoms with E-state index in [1.165, 1.54) is 19.1 Å². The number of carbonyl (C=O) groups is 3. The highest BCUT2D eigenvalue weighted by molar-refractivity contribution is 5.85. The number of amides is 1. The number of halogens is 1. The van der Waals surface area contributed by atoms with Crippen LogP contribution in [0.5, 0.6) is 0 Å². The molecule has 1 amide bonds. The number of hydrogen-bond donors (Lipinski definition) is 1. The minimum atomic E-state index is -0.541. The fourth-order valence-corrected chi connectivity index (χ4v) is 2.71. The molecule has 2 fully saturated rings. The Kier molecular flexibility index (Phi) is 10.6. The maximum Gasteiger partial charge on any atom is 0.411 e. The summed E-state index contributed by atoms with van der Waals surface area (Å²) < 4.78 is 14.4. The molecule has 8 nitrogen and oxygen atoms in total. The average molecular weight is 395 g/mol. The number of ether oxygens (including phenoxy) is 3. The monoisotopic (exact) mass is 394 g/mol. The van der Waals surface area contributed by atoms with Crippen molar-refractivity contribution in [1.82, 2.24) is 10.2 Å². The Morgan fingerprint density at radius 1 is 1.00 bits per heavy atom. The standard InChI is InChI=1S/C11H19NO4.C6H11NO2.ClH/c1-11(2,3)16-10(14)12-7-5-6-8(12)9(13)15-4;1-9-6(8)5-3-2-4-7-5;/h8H,5-7H2,1-4H3;5,7H,2-4H2,1H3;1H. The molecule has 26 heavy (non-hydrogen) atoms. The molecule has 0 saturated carbocycles. The summed E-state index contributed by atoms with van der Waals surface area (Å²) in [5, 5.41) is 3.03. The quantitative estimate of drug-likeness (QED) is 0.564. The number of nitrogens with zero attached hydrogens (tertiary/aromatic N) is 1. The number of carbonyl (C=O) groups excluding carboxylic acids is 3. The van der Waals surface area contributed by atoms with Gasteiger partial charge >= 0.3 is 18.0 Å². The van der Waals surface area contributed by atoms with Gasteiger partial charge in [0.25, 0.3) is 0 Å². The highest BCUT2D eigenvalue weighted by Gasteiger charge is 2.37. The lowest BCUT2D eigenvalue weighted by Gasteiger charge is -2.27. The minimum Gasteiger partial charge on any atom is -0.468 e. The second kappa shape index (κ2) is 11.2. The van der Waals surface area contributed by atoms with Gasteiger partial charge in [-0.3, -0.25) is 9.69 Å². The molecule has 0 aliphatic carbocycles. The first-order valence-electron chi connectivity index (χ1n) is 8.58. The number of nitrogens with one attached hydrogen (secondary N) is 1. The normalized spacial score (nSPS) is 21.8. The van der Waals surface area contributed by atoms with E-state index in [1.54, 1.807) is 20.8 Å². The lowest BCUT2D eigenvalue weighted by Crippen LogP contribution is -2.43. The molecule has 152 valence electrons. The molecule has 0 aromatic rings. The third kappa shape index (κ3) is 7.78. The Bertz CT molecular complexity index is 474. The average Bonchev–Trinajstić information content (AvgIpc) is 3.23. The largest absolute Gasteiger partial charge is 0.468 e. The summed E-state index contributed by atoms with van der Waals surface area (Å²) in [6.45, 7) is 6.89. The second-order valence-electron chi connectivity index (χ2n) is 7.03. The van der Waals surface area contributed by atoms with Crippen LogP contribution in [0.1, 0.15) is 46.5 Å². The molecule has 2 aliphatic rings. The van der Waals surface area contributed by atoms with Crippen LogP contribution in [0.3, 0.4) is 0 Å². The molecule has 0 aromatic carbocycles. The van der Waals surface area contributed by atoms with Crippen molar-refractivity contribution in [3.63, 3.8) is 0 Å². The Balaban J connectivity index is 0.000000532. The second-order valence-corrected chi connectivity index (χ2v) is 7.03. The van der Waals surface area contributed by atoms with Crippen molar-refractivity contribution in [2.24, 2.45) is 0 Å². The summed E-state index contributed by atoms with van der Waals surface area (Å²) >= 11 is 0. The maximum absolute atomic E-state index is 11.8. The van der Waals surface area contributed by atoms with Gasteiger partial charge < -0.3 is 19.5 Å². The number of methoxy groups -OCH3 is 2. The molecular formula is C17H31ClN2O6. The summed E-state index contributed by atoms with van der Waals surface area (Å²) in [6.07, 6.45) is 3.01. The van der Waals surface area contributed by atoms with Crippen LogP contribution in [0.2, 0.25) is 0 Å². The molecule has 2 heterocycles. The maximum atomic E-state index is 11.8. The number of hydrogen-bond acceptors (Lipinski definition) is 7. The lowest BCUT2D eigenvalue weighted by atomic mass is 10.2. The van der Waals surface area contributed by atoms with E-state index in [9.17, 15) is 14.4 Å². The highest BCUT2D eigenvalue weighted by Crippen LogP contribution is 2.21. The summed E-state index contributed by atoms with van der Waals surface area (Å²) in [5.74, 6) is -0.504. The third-order valence-corrected chi connectivity index (χ3v) is 3.90. The Morgan fingerprint density at radius 2 is 1.62 bits per heavy atom. The van der Waals surface area contributed by atoms with E-state index in [4.69, 9.17) is 4.74 Å². The first-order chi connectivity index (χ1) is 11.7. The van der Waals surface area contributed by atoms with Crippen molar-refractivity contribution in [1.29, 1.82) is 0 Å². The van der Waals surface area contributed by atoms with E-state index in [-0.39, 0.29) is 30.4 Å². The molecule has 2 aliphatic heterocycles. The molecule has 9 heteroatoms. The van der Waals surface area contributed by atoms with Gasteiger partial charge in [-0.15, -0.1) is 12.4 Å². The lowest BCUT2D eigenvalue weighted by molar-refractivity contribution is -0.145. The van der Waals surface area contributed by atoms with Crippen molar-refractivity contribution in [2.45, 2.75) is 64.1 Å². The molecular weight excluding hydrogens is 364 g/mol. The Hall–Kier alpha value is -1.54. The van der Waals surface area contributed by atoms with Gasteiger partial charge in [0.2, 0.25) is 0 Å². The van der Waals surface area contributed by atoms with E-state index in [1.807, 2.05) is 0 Å². The molecule has 2 saturated heterocycles. The summed E-state index contributed by atoms with van der Waals surface area (Å²) in [5.41, 5.74) is -0.541. The van der Waals surface area contributed by atoms with Crippen LogP contribution in [-0.2, 0) is 23.8 Å². The zero-order chi connectivity index (χ0) is 19.0. The van der Waals surface area contributed by atoms with Crippen molar-refractivity contribution in [2.75, 3.05) is 27.3 Å². The molecule has 0 aromatic heterocycles. The van der Waals surface area contributed by atoms with E-state index >= 15 is 0 Å². The van der Waals surface area contributed by atoms with Gasteiger partial charge in [-0.1, -0.05) is 0 Å². The molecule has 0 spiro atoms. The predicted octanol–water partition coefficient (Wildman–Crippen LogP) is 1.89. The molecule has 2 rings (SSSR count). The molecule has 0 bridgehead atoms. The van der Waals surface area contributed by atoms with Crippen LogP contribution in [0, 0.1) is 0 Å². The molecule has 1 N–H and O–H groups in total. The summed E-state index contributed by atoms with van der Waals surface area (Å²) in [4.78, 5) is 35.4. The first-order valence-corrected chi connectivity index (χ1v) is 8.58. The molecule has 0 radical (unpaired) electrons. The van der Waals surface area contributed by atoms with Crippen LogP contribution < -0.4 is 5.32 Å². The van der Waals surface area contributed by atoms with Crippen molar-refractivity contribution in [3.05, 3.63) is 0 Å². The van der Waals surface area contributed by atoms with Gasteiger partial charge in [-0.05, 0) is 53.0 Å². The van der Waals surface area contributed by atoms with Gasteiger partial charge in [-0.2, -0.15) is 0 Å². The van der Waals surface area contributed by atoms with E-state index < -0.39 is 17.7 Å². The van der Waals surface area contributed by atoms with Crippen molar-refractivity contribution < 1.29 is 28.6 Å². The van der Waals surface area contributed by atoms with E-state index in [2.05, 4.69) is 14.8 Å². The summed E-state index contributed by atoms with van der Waals surface area (Å²) in [6, 6.07) is -0.519. The molecule has 2 unspecified atom stereocenters. The van der Waals surface area contributed by atoms with Gasteiger partial charge in [0, 0.05) is 6.54 Å². The van der Waals surface area contributed by atoms with Crippen molar-refractivity contribution in [3.8, 4) is 0 Å². The number of likely N-dealkylation sites (tertiary alicyclic amines) is 1. The highest BCUT2D eigenvalue weighted by atomic mass is 35.5. The Labute approximate surface area is 161 Å². The first kappa shape index (κ1) is 24.5. The zero-order valence-electron chi connectivity index (χ0n) is 16.2. The number of esters is 2. The topological polar surface area (TPSA) is 94.2 Å². The fourth-order valence-electron chi connectivity index (χ4n) is 2.71. The van der Waals surface area contributed by atoms with Crippen LogP contribution in [0.15, 0.2) is 0 Å². The van der Waals surface area contributed by atoms with Gasteiger partial charge in [-0.25, -0.2) is 9.59 Å². The number of rotatable bonds is 2. The van der Waals surface area contributed by atoms with Crippen LogP contribution in [0.25, 0.3) is 0 Å². The van der Waals surface area contributed by atoms with Gasteiger partial charge in [0.15, 0.2) is 0 Å². The van der Waals surface area contributed by atoms with Gasteiger partial charge in [0.1, 0.15) is 17.7 Å². The van der Waals surface area contributed by atoms with Crippen LogP contribution in [0.4, 0.5) is 4.79 Å².